The number of aromatic carboxylic acids is 1. The molecular weight excluding hydrogens is 284 g/mol. The van der Waals surface area contributed by atoms with Crippen molar-refractivity contribution in [2.45, 2.75) is 26.2 Å². The Labute approximate surface area is 128 Å². The van der Waals surface area contributed by atoms with Crippen molar-refractivity contribution in [3.05, 3.63) is 45.4 Å². The summed E-state index contributed by atoms with van der Waals surface area (Å²) in [5.74, 6) is -0.827. The number of nitrogens with zero attached hydrogens (tertiary/aromatic N) is 2. The lowest BCUT2D eigenvalue weighted by Crippen LogP contribution is -2.32. The first-order valence-corrected chi connectivity index (χ1v) is 8.04. The maximum Gasteiger partial charge on any atom is 0.336 e. The molecule has 4 nitrogen and oxygen atoms in total. The third-order valence-corrected chi connectivity index (χ3v) is 5.03. The quantitative estimate of drug-likeness (QED) is 0.942. The van der Waals surface area contributed by atoms with Gasteiger partial charge >= 0.3 is 5.97 Å². The van der Waals surface area contributed by atoms with Crippen molar-refractivity contribution >= 4 is 23.0 Å². The van der Waals surface area contributed by atoms with Crippen LogP contribution >= 0.6 is 11.3 Å². The molecule has 0 aliphatic carbocycles. The van der Waals surface area contributed by atoms with Crippen LogP contribution in [0.3, 0.4) is 0 Å². The number of rotatable bonds is 4. The molecule has 2 heterocycles. The fourth-order valence-corrected chi connectivity index (χ4v) is 3.71. The number of carbonyl (C=O) groups is 1. The molecule has 0 saturated heterocycles. The summed E-state index contributed by atoms with van der Waals surface area (Å²) in [5.41, 5.74) is 5.51. The first-order chi connectivity index (χ1) is 10.2. The van der Waals surface area contributed by atoms with Gasteiger partial charge in [-0.3, -0.25) is 0 Å². The monoisotopic (exact) mass is 302 g/mol. The number of anilines is 1. The molecule has 1 aromatic heterocycles. The third kappa shape index (κ3) is 2.78. The van der Waals surface area contributed by atoms with E-state index in [0.29, 0.717) is 5.56 Å². The van der Waals surface area contributed by atoms with Gasteiger partial charge in [-0.1, -0.05) is 6.07 Å². The lowest BCUT2D eigenvalue weighted by atomic mass is 9.96. The molecule has 0 unspecified atom stereocenters. The average Bonchev–Trinajstić information content (AvgIpc) is 2.89. The van der Waals surface area contributed by atoms with E-state index in [4.69, 9.17) is 0 Å². The zero-order chi connectivity index (χ0) is 14.8. The summed E-state index contributed by atoms with van der Waals surface area (Å²) in [6.07, 6.45) is 2.83. The van der Waals surface area contributed by atoms with Crippen LogP contribution in [0.2, 0.25) is 0 Å². The molecule has 0 saturated carbocycles. The second kappa shape index (κ2) is 5.85. The Bertz CT molecular complexity index is 666. The fraction of sp³-hybridized carbons (Fsp3) is 0.375. The Hall–Kier alpha value is -1.88. The van der Waals surface area contributed by atoms with Crippen molar-refractivity contribution in [3.8, 4) is 0 Å². The van der Waals surface area contributed by atoms with Crippen molar-refractivity contribution in [3.63, 3.8) is 0 Å². The summed E-state index contributed by atoms with van der Waals surface area (Å²) in [5, 5.41) is 9.32. The highest BCUT2D eigenvalue weighted by molar-refractivity contribution is 7.09. The lowest BCUT2D eigenvalue weighted by Gasteiger charge is -2.32. The highest BCUT2D eigenvalue weighted by Gasteiger charge is 2.21. The van der Waals surface area contributed by atoms with Gasteiger partial charge in [-0.25, -0.2) is 9.78 Å². The minimum atomic E-state index is -0.827. The van der Waals surface area contributed by atoms with Crippen molar-refractivity contribution in [2.24, 2.45) is 0 Å². The van der Waals surface area contributed by atoms with Crippen LogP contribution in [0, 0.1) is 6.92 Å². The van der Waals surface area contributed by atoms with Gasteiger partial charge in [0.15, 0.2) is 0 Å². The van der Waals surface area contributed by atoms with Gasteiger partial charge in [-0.15, -0.1) is 11.3 Å². The van der Waals surface area contributed by atoms with Crippen LogP contribution in [0.5, 0.6) is 0 Å². The SMILES string of the molecule is Cc1ncsc1CCN1CCCc2c(C(=O)O)cccc21. The molecule has 1 aliphatic heterocycles. The van der Waals surface area contributed by atoms with E-state index in [-0.39, 0.29) is 0 Å². The van der Waals surface area contributed by atoms with Gasteiger partial charge < -0.3 is 10.0 Å². The Morgan fingerprint density at radius 1 is 1.48 bits per heavy atom. The molecule has 2 aromatic rings. The number of hydrogen-bond acceptors (Lipinski definition) is 4. The van der Waals surface area contributed by atoms with Crippen LogP contribution < -0.4 is 4.90 Å². The van der Waals surface area contributed by atoms with Crippen LogP contribution in [-0.2, 0) is 12.8 Å². The smallest absolute Gasteiger partial charge is 0.336 e. The Morgan fingerprint density at radius 2 is 2.33 bits per heavy atom. The van der Waals surface area contributed by atoms with Crippen molar-refractivity contribution in [1.29, 1.82) is 0 Å². The van der Waals surface area contributed by atoms with Gasteiger partial charge in [0.25, 0.3) is 0 Å². The van der Waals surface area contributed by atoms with Gasteiger partial charge in [0.1, 0.15) is 0 Å². The maximum absolute atomic E-state index is 11.3. The average molecular weight is 302 g/mol. The zero-order valence-corrected chi connectivity index (χ0v) is 12.8. The summed E-state index contributed by atoms with van der Waals surface area (Å²) in [4.78, 5) is 19.3. The normalized spacial score (nSPS) is 14.0. The van der Waals surface area contributed by atoms with Crippen molar-refractivity contribution in [1.82, 2.24) is 4.98 Å². The van der Waals surface area contributed by atoms with Gasteiger partial charge in [0.2, 0.25) is 0 Å². The highest BCUT2D eigenvalue weighted by Crippen LogP contribution is 2.30. The van der Waals surface area contributed by atoms with Gasteiger partial charge in [0, 0.05) is 30.1 Å². The molecule has 0 amide bonds. The minimum Gasteiger partial charge on any atom is -0.478 e. The number of carboxylic acid groups (broad SMARTS) is 1. The van der Waals surface area contributed by atoms with Gasteiger partial charge in [-0.05, 0) is 37.5 Å². The van der Waals surface area contributed by atoms with E-state index in [1.54, 1.807) is 17.4 Å². The number of benzene rings is 1. The van der Waals surface area contributed by atoms with Crippen LogP contribution in [0.4, 0.5) is 5.69 Å². The molecule has 110 valence electrons. The Morgan fingerprint density at radius 3 is 3.05 bits per heavy atom. The molecule has 0 fully saturated rings. The molecule has 1 N–H and O–H groups in total. The van der Waals surface area contributed by atoms with E-state index in [9.17, 15) is 9.90 Å². The molecule has 1 aliphatic rings. The molecule has 0 atom stereocenters. The largest absolute Gasteiger partial charge is 0.478 e. The zero-order valence-electron chi connectivity index (χ0n) is 12.0. The molecular formula is C16H18N2O2S. The summed E-state index contributed by atoms with van der Waals surface area (Å²) in [6.45, 7) is 3.95. The van der Waals surface area contributed by atoms with Gasteiger partial charge in [0.05, 0.1) is 16.8 Å². The fourth-order valence-electron chi connectivity index (χ4n) is 2.94. The summed E-state index contributed by atoms with van der Waals surface area (Å²) >= 11 is 1.70. The van der Waals surface area contributed by atoms with E-state index in [0.717, 1.165) is 49.3 Å². The number of aromatic nitrogens is 1. The molecule has 0 spiro atoms. The topological polar surface area (TPSA) is 53.4 Å². The second-order valence-corrected chi connectivity index (χ2v) is 6.25. The summed E-state index contributed by atoms with van der Waals surface area (Å²) < 4.78 is 0. The number of carboxylic acids is 1. The number of aryl methyl sites for hydroxylation is 1. The maximum atomic E-state index is 11.3. The number of fused-ring (bicyclic) bond motifs is 1. The van der Waals surface area contributed by atoms with E-state index in [2.05, 4.69) is 9.88 Å². The second-order valence-electron chi connectivity index (χ2n) is 5.31. The van der Waals surface area contributed by atoms with Crippen molar-refractivity contribution < 1.29 is 9.90 Å². The van der Waals surface area contributed by atoms with Crippen LogP contribution in [0.25, 0.3) is 0 Å². The molecule has 0 bridgehead atoms. The summed E-state index contributed by atoms with van der Waals surface area (Å²) in [7, 11) is 0. The van der Waals surface area contributed by atoms with Crippen molar-refractivity contribution in [2.75, 3.05) is 18.0 Å². The van der Waals surface area contributed by atoms with E-state index >= 15 is 0 Å². The first kappa shape index (κ1) is 14.1. The van der Waals surface area contributed by atoms with Crippen LogP contribution in [0.15, 0.2) is 23.7 Å². The predicted octanol–water partition coefficient (Wildman–Crippen LogP) is 3.15. The third-order valence-electron chi connectivity index (χ3n) is 4.03. The molecule has 21 heavy (non-hydrogen) atoms. The van der Waals surface area contributed by atoms with Gasteiger partial charge in [-0.2, -0.15) is 0 Å². The molecule has 3 rings (SSSR count). The van der Waals surface area contributed by atoms with E-state index in [1.165, 1.54) is 4.88 Å². The predicted molar refractivity (Wildman–Crippen MR) is 84.5 cm³/mol. The van der Waals surface area contributed by atoms with E-state index in [1.807, 2.05) is 24.6 Å². The number of hydrogen-bond donors (Lipinski definition) is 1. The molecule has 5 heteroatoms. The lowest BCUT2D eigenvalue weighted by molar-refractivity contribution is 0.0695. The highest BCUT2D eigenvalue weighted by atomic mass is 32.1. The first-order valence-electron chi connectivity index (χ1n) is 7.16. The van der Waals surface area contributed by atoms with E-state index < -0.39 is 5.97 Å². The number of thiazole rings is 1. The standard InChI is InChI=1S/C16H18N2O2S/c1-11-15(21-10-17-11)7-9-18-8-3-5-12-13(16(19)20)4-2-6-14(12)18/h2,4,6,10H,3,5,7-9H2,1H3,(H,19,20). The molecule has 0 radical (unpaired) electrons. The van der Waals surface area contributed by atoms with Crippen LogP contribution in [-0.4, -0.2) is 29.1 Å². The van der Waals surface area contributed by atoms with Crippen LogP contribution in [0.1, 0.15) is 32.9 Å². The molecule has 1 aromatic carbocycles. The minimum absolute atomic E-state index is 0.450. The summed E-state index contributed by atoms with van der Waals surface area (Å²) in [6, 6.07) is 5.59. The Balaban J connectivity index is 1.82. The Kier molecular flexibility index (Phi) is 3.92.